The Balaban J connectivity index is 1.84. The van der Waals surface area contributed by atoms with Crippen LogP contribution in [-0.2, 0) is 4.79 Å². The summed E-state index contributed by atoms with van der Waals surface area (Å²) >= 11 is 0. The van der Waals surface area contributed by atoms with Gasteiger partial charge in [-0.3, -0.25) is 9.69 Å². The highest BCUT2D eigenvalue weighted by atomic mass is 16.1. The number of hydrogen-bond acceptors (Lipinski definition) is 3. The molecule has 0 aliphatic heterocycles. The first-order valence-electron chi connectivity index (χ1n) is 11.0. The van der Waals surface area contributed by atoms with Gasteiger partial charge in [0.15, 0.2) is 0 Å². The summed E-state index contributed by atoms with van der Waals surface area (Å²) in [5, 5.41) is 8.97. The Labute approximate surface area is 185 Å². The summed E-state index contributed by atoms with van der Waals surface area (Å²) < 4.78 is 0. The average Bonchev–Trinajstić information content (AvgIpc) is 2.83. The molecule has 160 valence electrons. The molecule has 0 saturated carbocycles. The van der Waals surface area contributed by atoms with Crippen molar-refractivity contribution in [3.05, 3.63) is 83.9 Å². The first-order chi connectivity index (χ1) is 15.0. The zero-order chi connectivity index (χ0) is 22.2. The predicted molar refractivity (Wildman–Crippen MR) is 129 cm³/mol. The van der Waals surface area contributed by atoms with Gasteiger partial charge in [-0.05, 0) is 84.3 Å². The van der Waals surface area contributed by atoms with Crippen molar-refractivity contribution in [2.24, 2.45) is 10.2 Å². The molecule has 0 aliphatic carbocycles. The Bertz CT molecular complexity index is 984. The minimum absolute atomic E-state index is 0.490. The van der Waals surface area contributed by atoms with Crippen molar-refractivity contribution >= 4 is 29.2 Å². The molecule has 0 aromatic heterocycles. The van der Waals surface area contributed by atoms with Gasteiger partial charge in [0, 0.05) is 11.4 Å². The van der Waals surface area contributed by atoms with Gasteiger partial charge in [-0.2, -0.15) is 10.2 Å². The van der Waals surface area contributed by atoms with E-state index in [1.807, 2.05) is 54.6 Å². The zero-order valence-electron chi connectivity index (χ0n) is 18.8. The number of benzene rings is 3. The van der Waals surface area contributed by atoms with Gasteiger partial charge in [-0.15, -0.1) is 0 Å². The van der Waals surface area contributed by atoms with E-state index in [0.717, 1.165) is 42.0 Å². The molecule has 0 aliphatic rings. The van der Waals surface area contributed by atoms with E-state index in [-0.39, 0.29) is 0 Å². The SMILES string of the molecule is CCC(C)c1cc(N=Nc2ccc(N(C=O)c3ccccc3)cc2)cc(C(C)CC)c1. The molecular weight excluding hydrogens is 382 g/mol. The first kappa shape index (κ1) is 22.4. The van der Waals surface area contributed by atoms with Gasteiger partial charge in [0.05, 0.1) is 11.4 Å². The minimum Gasteiger partial charge on any atom is -0.284 e. The van der Waals surface area contributed by atoms with E-state index in [4.69, 9.17) is 0 Å². The number of anilines is 2. The number of hydrogen-bond donors (Lipinski definition) is 0. The van der Waals surface area contributed by atoms with Crippen LogP contribution in [0.15, 0.2) is 83.0 Å². The molecule has 4 nitrogen and oxygen atoms in total. The van der Waals surface area contributed by atoms with Gasteiger partial charge in [0.1, 0.15) is 0 Å². The largest absolute Gasteiger partial charge is 0.284 e. The molecule has 0 saturated heterocycles. The lowest BCUT2D eigenvalue weighted by atomic mass is 9.91. The smallest absolute Gasteiger partial charge is 0.218 e. The number of amides is 1. The van der Waals surface area contributed by atoms with E-state index in [1.54, 1.807) is 4.90 Å². The second-order valence-electron chi connectivity index (χ2n) is 8.00. The van der Waals surface area contributed by atoms with Crippen LogP contribution in [0.4, 0.5) is 22.7 Å². The van der Waals surface area contributed by atoms with Crippen LogP contribution < -0.4 is 4.90 Å². The molecule has 4 heteroatoms. The average molecular weight is 414 g/mol. The topological polar surface area (TPSA) is 45.0 Å². The molecule has 0 bridgehead atoms. The Morgan fingerprint density at radius 2 is 1.26 bits per heavy atom. The highest BCUT2D eigenvalue weighted by molar-refractivity contribution is 5.86. The van der Waals surface area contributed by atoms with Crippen LogP contribution in [0.5, 0.6) is 0 Å². The summed E-state index contributed by atoms with van der Waals surface area (Å²) in [7, 11) is 0. The number of carbonyl (C=O) groups is 1. The maximum Gasteiger partial charge on any atom is 0.218 e. The highest BCUT2D eigenvalue weighted by Gasteiger charge is 2.11. The lowest BCUT2D eigenvalue weighted by Crippen LogP contribution is -2.13. The zero-order valence-corrected chi connectivity index (χ0v) is 18.8. The molecule has 31 heavy (non-hydrogen) atoms. The van der Waals surface area contributed by atoms with Crippen molar-refractivity contribution in [3.63, 3.8) is 0 Å². The van der Waals surface area contributed by atoms with Crippen LogP contribution in [0.1, 0.15) is 63.5 Å². The molecule has 0 N–H and O–H groups in total. The van der Waals surface area contributed by atoms with Gasteiger partial charge in [0.2, 0.25) is 6.41 Å². The van der Waals surface area contributed by atoms with Gasteiger partial charge in [-0.25, -0.2) is 0 Å². The Kier molecular flexibility index (Phi) is 7.71. The summed E-state index contributed by atoms with van der Waals surface area (Å²) in [4.78, 5) is 13.2. The summed E-state index contributed by atoms with van der Waals surface area (Å²) in [6.07, 6.45) is 3.01. The van der Waals surface area contributed by atoms with Crippen LogP contribution in [-0.4, -0.2) is 6.41 Å². The predicted octanol–water partition coefficient (Wildman–Crippen LogP) is 8.42. The molecule has 0 spiro atoms. The fourth-order valence-corrected chi connectivity index (χ4v) is 3.41. The number of azo groups is 1. The summed E-state index contributed by atoms with van der Waals surface area (Å²) in [6, 6.07) is 23.7. The van der Waals surface area contributed by atoms with Crippen molar-refractivity contribution in [2.75, 3.05) is 4.90 Å². The number of para-hydroxylation sites is 1. The minimum atomic E-state index is 0.490. The lowest BCUT2D eigenvalue weighted by molar-refractivity contribution is -0.106. The molecule has 0 fully saturated rings. The van der Waals surface area contributed by atoms with Crippen molar-refractivity contribution in [2.45, 2.75) is 52.4 Å². The Morgan fingerprint density at radius 3 is 1.77 bits per heavy atom. The molecule has 3 rings (SSSR count). The van der Waals surface area contributed by atoms with Crippen LogP contribution in [0.25, 0.3) is 0 Å². The van der Waals surface area contributed by atoms with E-state index in [2.05, 4.69) is 56.1 Å². The number of carbonyl (C=O) groups excluding carboxylic acids is 1. The molecule has 3 aromatic carbocycles. The molecule has 2 unspecified atom stereocenters. The van der Waals surface area contributed by atoms with E-state index in [9.17, 15) is 4.79 Å². The van der Waals surface area contributed by atoms with E-state index in [1.165, 1.54) is 11.1 Å². The Morgan fingerprint density at radius 1 is 0.742 bits per heavy atom. The van der Waals surface area contributed by atoms with E-state index < -0.39 is 0 Å². The molecule has 0 heterocycles. The highest BCUT2D eigenvalue weighted by Crippen LogP contribution is 2.31. The fourth-order valence-electron chi connectivity index (χ4n) is 3.41. The second kappa shape index (κ2) is 10.7. The van der Waals surface area contributed by atoms with Crippen LogP contribution >= 0.6 is 0 Å². The van der Waals surface area contributed by atoms with E-state index >= 15 is 0 Å². The van der Waals surface area contributed by atoms with Crippen LogP contribution in [0.2, 0.25) is 0 Å². The van der Waals surface area contributed by atoms with Gasteiger partial charge in [-0.1, -0.05) is 52.0 Å². The second-order valence-corrected chi connectivity index (χ2v) is 8.00. The van der Waals surface area contributed by atoms with Crippen LogP contribution in [0.3, 0.4) is 0 Å². The van der Waals surface area contributed by atoms with Crippen molar-refractivity contribution < 1.29 is 4.79 Å². The van der Waals surface area contributed by atoms with Gasteiger partial charge in [0.25, 0.3) is 0 Å². The molecule has 2 atom stereocenters. The maximum atomic E-state index is 11.6. The number of nitrogens with zero attached hydrogens (tertiary/aromatic N) is 3. The fraction of sp³-hybridized carbons (Fsp3) is 0.296. The first-order valence-corrected chi connectivity index (χ1v) is 11.0. The normalized spacial score (nSPS) is 13.2. The third kappa shape index (κ3) is 5.66. The van der Waals surface area contributed by atoms with Gasteiger partial charge >= 0.3 is 0 Å². The standard InChI is InChI=1S/C27H31N3O/c1-5-20(3)22-16-23(21(4)6-2)18-25(17-22)29-28-24-12-14-27(15-13-24)30(19-31)26-10-8-7-9-11-26/h7-21H,5-6H2,1-4H3. The summed E-state index contributed by atoms with van der Waals surface area (Å²) in [6.45, 7) is 8.92. The van der Waals surface area contributed by atoms with Crippen molar-refractivity contribution in [1.29, 1.82) is 0 Å². The van der Waals surface area contributed by atoms with Crippen molar-refractivity contribution in [1.82, 2.24) is 0 Å². The van der Waals surface area contributed by atoms with Crippen molar-refractivity contribution in [3.8, 4) is 0 Å². The lowest BCUT2D eigenvalue weighted by Gasteiger charge is -2.17. The summed E-state index contributed by atoms with van der Waals surface area (Å²) in [5.41, 5.74) is 5.88. The molecule has 3 aromatic rings. The van der Waals surface area contributed by atoms with Gasteiger partial charge < -0.3 is 0 Å². The monoisotopic (exact) mass is 413 g/mol. The van der Waals surface area contributed by atoms with E-state index in [0.29, 0.717) is 11.8 Å². The third-order valence-electron chi connectivity index (χ3n) is 5.87. The molecule has 1 amide bonds. The summed E-state index contributed by atoms with van der Waals surface area (Å²) in [5.74, 6) is 0.981. The molecule has 0 radical (unpaired) electrons. The van der Waals surface area contributed by atoms with Crippen LogP contribution in [0, 0.1) is 0 Å². The Hall–Kier alpha value is -3.27. The maximum absolute atomic E-state index is 11.6. The number of rotatable bonds is 9. The quantitative estimate of drug-likeness (QED) is 0.256. The molecular formula is C27H31N3O. The third-order valence-corrected chi connectivity index (χ3v) is 5.87.